The van der Waals surface area contributed by atoms with Gasteiger partial charge in [-0.05, 0) is 61.2 Å². The topological polar surface area (TPSA) is 71.8 Å². The number of hydrogen-bond donors (Lipinski definition) is 1. The van der Waals surface area contributed by atoms with E-state index in [0.717, 1.165) is 68.9 Å². The van der Waals surface area contributed by atoms with Crippen molar-refractivity contribution in [2.45, 2.75) is 19.8 Å². The Morgan fingerprint density at radius 2 is 1.81 bits per heavy atom. The summed E-state index contributed by atoms with van der Waals surface area (Å²) in [6.07, 6.45) is 5.96. The third kappa shape index (κ3) is 5.88. The minimum atomic E-state index is 0.722. The third-order valence-corrected chi connectivity index (χ3v) is 6.48. The van der Waals surface area contributed by atoms with Crippen LogP contribution in [0.3, 0.4) is 0 Å². The predicted molar refractivity (Wildman–Crippen MR) is 126 cm³/mol. The Labute approximate surface area is 187 Å². The van der Waals surface area contributed by atoms with Gasteiger partial charge in [-0.1, -0.05) is 6.07 Å². The molecule has 1 aliphatic heterocycles. The molecule has 0 aliphatic carbocycles. The van der Waals surface area contributed by atoms with Crippen LogP contribution in [0.4, 0.5) is 0 Å². The van der Waals surface area contributed by atoms with Crippen molar-refractivity contribution in [1.29, 1.82) is 5.26 Å². The Morgan fingerprint density at radius 1 is 1.03 bits per heavy atom. The molecule has 0 radical (unpaired) electrons. The number of aromatic amines is 1. The first-order valence-electron chi connectivity index (χ1n) is 10.8. The van der Waals surface area contributed by atoms with Crippen LogP contribution in [0.2, 0.25) is 0 Å². The van der Waals surface area contributed by atoms with E-state index in [1.807, 2.05) is 31.3 Å². The summed E-state index contributed by atoms with van der Waals surface area (Å²) >= 11 is 1.23. The van der Waals surface area contributed by atoms with Gasteiger partial charge in [0.1, 0.15) is 0 Å². The molecule has 1 saturated heterocycles. The number of aromatic nitrogens is 3. The van der Waals surface area contributed by atoms with Crippen LogP contribution in [-0.4, -0.2) is 62.8 Å². The molecule has 0 unspecified atom stereocenters. The zero-order valence-corrected chi connectivity index (χ0v) is 18.7. The van der Waals surface area contributed by atoms with Crippen LogP contribution in [-0.2, 0) is 12.8 Å². The van der Waals surface area contributed by atoms with Crippen molar-refractivity contribution in [3.63, 3.8) is 0 Å². The van der Waals surface area contributed by atoms with Crippen molar-refractivity contribution in [2.24, 2.45) is 0 Å². The molecule has 31 heavy (non-hydrogen) atoms. The van der Waals surface area contributed by atoms with Gasteiger partial charge in [-0.2, -0.15) is 14.0 Å². The average Bonchev–Trinajstić information content (AvgIpc) is 3.24. The molecule has 160 valence electrons. The molecule has 0 atom stereocenters. The van der Waals surface area contributed by atoms with E-state index in [2.05, 4.69) is 54.0 Å². The van der Waals surface area contributed by atoms with Gasteiger partial charge in [-0.25, -0.2) is 0 Å². The molecule has 0 spiro atoms. The smallest absolute Gasteiger partial charge is 0.0991 e. The van der Waals surface area contributed by atoms with Gasteiger partial charge in [-0.3, -0.25) is 0 Å². The zero-order chi connectivity index (χ0) is 21.5. The lowest BCUT2D eigenvalue weighted by atomic mass is 10.1. The van der Waals surface area contributed by atoms with Gasteiger partial charge >= 0.3 is 0 Å². The molecule has 1 fully saturated rings. The lowest BCUT2D eigenvalue weighted by Gasteiger charge is -2.34. The Hall–Kier alpha value is -2.79. The highest BCUT2D eigenvalue weighted by Gasteiger charge is 2.17. The fourth-order valence-corrected chi connectivity index (χ4v) is 4.33. The highest BCUT2D eigenvalue weighted by atomic mass is 32.1. The van der Waals surface area contributed by atoms with E-state index < -0.39 is 0 Å². The lowest BCUT2D eigenvalue weighted by molar-refractivity contribution is 0.134. The van der Waals surface area contributed by atoms with Crippen LogP contribution in [0.15, 0.2) is 48.8 Å². The van der Waals surface area contributed by atoms with Crippen LogP contribution in [0.5, 0.6) is 0 Å². The zero-order valence-electron chi connectivity index (χ0n) is 17.9. The van der Waals surface area contributed by atoms with Gasteiger partial charge in [-0.15, -0.1) is 0 Å². The van der Waals surface area contributed by atoms with Crippen molar-refractivity contribution in [2.75, 3.05) is 39.3 Å². The fourth-order valence-electron chi connectivity index (χ4n) is 3.98. The normalized spacial score (nSPS) is 15.0. The van der Waals surface area contributed by atoms with Gasteiger partial charge in [0.2, 0.25) is 0 Å². The second-order valence-corrected chi connectivity index (χ2v) is 8.57. The van der Waals surface area contributed by atoms with E-state index in [1.54, 1.807) is 0 Å². The molecule has 0 amide bonds. The van der Waals surface area contributed by atoms with Gasteiger partial charge in [0.15, 0.2) is 0 Å². The third-order valence-electron chi connectivity index (χ3n) is 5.90. The fraction of sp³-hybridized carbons (Fsp3) is 0.375. The van der Waals surface area contributed by atoms with E-state index in [1.165, 1.54) is 28.2 Å². The number of nitriles is 1. The Morgan fingerprint density at radius 3 is 2.58 bits per heavy atom. The number of rotatable bonds is 6. The van der Waals surface area contributed by atoms with Crippen molar-refractivity contribution in [3.8, 4) is 6.07 Å². The molecule has 1 aromatic carbocycles. The number of nitrogens with zero attached hydrogens (tertiary/aromatic N) is 5. The van der Waals surface area contributed by atoms with Crippen LogP contribution in [0.1, 0.15) is 22.4 Å². The summed E-state index contributed by atoms with van der Waals surface area (Å²) in [5.74, 6) is 0. The standard InChI is InChI=1S/C24H28N6S/c1-19-2-3-20(6-9-27-31-28-19)7-10-29-12-14-30(15-13-29)11-8-22-18-26-24-5-4-21(17-25)16-23(22)24/h2-6,9,16,18,26H,7-8,10-15H2,1H3. The Balaban J connectivity index is 1.26. The average molecular weight is 433 g/mol. The number of piperazine rings is 1. The Kier molecular flexibility index (Phi) is 7.26. The molecular formula is C24H28N6S. The molecule has 2 aromatic heterocycles. The van der Waals surface area contributed by atoms with Crippen LogP contribution in [0, 0.1) is 18.3 Å². The van der Waals surface area contributed by atoms with Crippen LogP contribution in [0.25, 0.3) is 10.9 Å². The summed E-state index contributed by atoms with van der Waals surface area (Å²) in [4.78, 5) is 8.43. The van der Waals surface area contributed by atoms with Crippen LogP contribution < -0.4 is 0 Å². The molecular weight excluding hydrogens is 404 g/mol. The highest BCUT2D eigenvalue weighted by Crippen LogP contribution is 2.20. The van der Waals surface area contributed by atoms with Gasteiger partial charge in [0, 0.05) is 62.6 Å². The minimum Gasteiger partial charge on any atom is -0.361 e. The van der Waals surface area contributed by atoms with Gasteiger partial charge in [0.25, 0.3) is 0 Å². The molecule has 7 heteroatoms. The lowest BCUT2D eigenvalue weighted by Crippen LogP contribution is -2.47. The molecule has 4 rings (SSSR count). The molecule has 0 saturated carbocycles. The second kappa shape index (κ2) is 10.5. The van der Waals surface area contributed by atoms with E-state index in [9.17, 15) is 0 Å². The maximum atomic E-state index is 9.17. The Bertz CT molecular complexity index is 1100. The van der Waals surface area contributed by atoms with Crippen molar-refractivity contribution in [1.82, 2.24) is 23.5 Å². The number of hydrogen-bond acceptors (Lipinski definition) is 6. The molecule has 1 aliphatic rings. The van der Waals surface area contributed by atoms with Crippen molar-refractivity contribution in [3.05, 3.63) is 71.2 Å². The second-order valence-electron chi connectivity index (χ2n) is 8.01. The van der Waals surface area contributed by atoms with E-state index in [4.69, 9.17) is 5.26 Å². The van der Waals surface area contributed by atoms with Crippen molar-refractivity contribution >= 4 is 22.6 Å². The number of fused-ring (bicyclic) bond motifs is 1. The first kappa shape index (κ1) is 21.4. The van der Waals surface area contributed by atoms with Crippen LogP contribution >= 0.6 is 11.7 Å². The quantitative estimate of drug-likeness (QED) is 0.643. The summed E-state index contributed by atoms with van der Waals surface area (Å²) in [7, 11) is 0. The SMILES string of the molecule is Cc1ccc(CCN2CCN(CCc3c[nH]c4ccc(C#N)cc34)CC2)ccnsn1. The molecule has 0 bridgehead atoms. The molecule has 6 nitrogen and oxygen atoms in total. The minimum absolute atomic E-state index is 0.722. The molecule has 3 aromatic rings. The number of nitrogens with one attached hydrogen (secondary N) is 1. The highest BCUT2D eigenvalue weighted by molar-refractivity contribution is 6.98. The van der Waals surface area contributed by atoms with Crippen molar-refractivity contribution < 1.29 is 0 Å². The molecule has 1 N–H and O–H groups in total. The summed E-state index contributed by atoms with van der Waals surface area (Å²) in [6.45, 7) is 8.54. The van der Waals surface area contributed by atoms with E-state index >= 15 is 0 Å². The number of H-pyrrole nitrogens is 1. The number of benzene rings is 1. The first-order chi connectivity index (χ1) is 15.2. The summed E-state index contributed by atoms with van der Waals surface area (Å²) in [6, 6.07) is 14.4. The van der Waals surface area contributed by atoms with E-state index in [0.29, 0.717) is 0 Å². The molecule has 3 heterocycles. The largest absolute Gasteiger partial charge is 0.361 e. The monoisotopic (exact) mass is 432 g/mol. The summed E-state index contributed by atoms with van der Waals surface area (Å²) in [5.41, 5.74) is 5.41. The predicted octanol–water partition coefficient (Wildman–Crippen LogP) is 3.73. The maximum Gasteiger partial charge on any atom is 0.0991 e. The summed E-state index contributed by atoms with van der Waals surface area (Å²) < 4.78 is 8.50. The number of aryl methyl sites for hydroxylation is 1. The van der Waals surface area contributed by atoms with E-state index in [-0.39, 0.29) is 0 Å². The maximum absolute atomic E-state index is 9.17. The van der Waals surface area contributed by atoms with Gasteiger partial charge < -0.3 is 14.8 Å². The summed E-state index contributed by atoms with van der Waals surface area (Å²) in [5, 5.41) is 10.3. The van der Waals surface area contributed by atoms with Gasteiger partial charge in [0.05, 0.1) is 29.1 Å². The first-order valence-corrected chi connectivity index (χ1v) is 11.5.